The van der Waals surface area contributed by atoms with E-state index in [1.807, 2.05) is 0 Å². The van der Waals surface area contributed by atoms with Gasteiger partial charge in [-0.05, 0) is 0 Å². The van der Waals surface area contributed by atoms with Crippen molar-refractivity contribution in [3.05, 3.63) is 0 Å². The number of hydrogen-bond donors (Lipinski definition) is 4. The van der Waals surface area contributed by atoms with Crippen LogP contribution in [0.15, 0.2) is 0 Å². The predicted octanol–water partition coefficient (Wildman–Crippen LogP) is -2.25. The largest absolute Gasteiger partial charge is 0.480 e. The first-order valence-electron chi connectivity index (χ1n) is 7.90. The van der Waals surface area contributed by atoms with Gasteiger partial charge in [-0.25, -0.2) is 0 Å². The van der Waals surface area contributed by atoms with E-state index in [0.717, 1.165) is 0 Å². The molecule has 0 aliphatic carbocycles. The van der Waals surface area contributed by atoms with Crippen molar-refractivity contribution < 1.29 is 49.8 Å². The average molecular weight is 444 g/mol. The summed E-state index contributed by atoms with van der Waals surface area (Å²) in [4.78, 5) is 38.1. The fourth-order valence-corrected chi connectivity index (χ4v) is 2.55. The molecule has 1 fully saturated rings. The van der Waals surface area contributed by atoms with Gasteiger partial charge in [0.25, 0.3) is 0 Å². The molecule has 0 bridgehead atoms. The van der Waals surface area contributed by atoms with Gasteiger partial charge < -0.3 is 20.6 Å². The zero-order valence-electron chi connectivity index (χ0n) is 14.1. The number of carboxylic acids is 3. The number of aliphatic carboxylic acids is 3. The second-order valence-corrected chi connectivity index (χ2v) is 5.76. The first kappa shape index (κ1) is 23.9. The van der Waals surface area contributed by atoms with E-state index >= 15 is 0 Å². The third kappa shape index (κ3) is 12.0. The van der Waals surface area contributed by atoms with Gasteiger partial charge >= 0.3 is 17.9 Å². The van der Waals surface area contributed by atoms with Gasteiger partial charge in [0.05, 0.1) is 19.6 Å². The Balaban J connectivity index is 0.00000576. The maximum atomic E-state index is 11.0. The fraction of sp³-hybridized carbons (Fsp3) is 0.786. The van der Waals surface area contributed by atoms with Crippen LogP contribution in [0.5, 0.6) is 0 Å². The molecule has 0 aromatic rings. The van der Waals surface area contributed by atoms with Crippen LogP contribution in [0.2, 0.25) is 0 Å². The van der Waals surface area contributed by atoms with Crippen LogP contribution < -0.4 is 5.32 Å². The maximum absolute atomic E-state index is 11.0. The maximum Gasteiger partial charge on any atom is 0.317 e. The molecule has 1 radical (unpaired) electrons. The first-order valence-corrected chi connectivity index (χ1v) is 7.90. The van der Waals surface area contributed by atoms with Crippen molar-refractivity contribution in [2.24, 2.45) is 0 Å². The molecule has 4 N–H and O–H groups in total. The fourth-order valence-electron chi connectivity index (χ4n) is 2.55. The molecule has 1 rings (SSSR count). The molecule has 25 heavy (non-hydrogen) atoms. The third-order valence-corrected chi connectivity index (χ3v) is 3.75. The Morgan fingerprint density at radius 2 is 0.920 bits per heavy atom. The Morgan fingerprint density at radius 3 is 1.20 bits per heavy atom. The number of nitrogens with one attached hydrogen (secondary N) is 1. The van der Waals surface area contributed by atoms with Crippen molar-refractivity contribution >= 4 is 17.9 Å². The quantitative estimate of drug-likeness (QED) is 0.356. The molecule has 11 heteroatoms. The topological polar surface area (TPSA) is 134 Å². The molecule has 0 saturated carbocycles. The predicted molar refractivity (Wildman–Crippen MR) is 85.1 cm³/mol. The van der Waals surface area contributed by atoms with E-state index in [1.54, 1.807) is 14.7 Å². The number of carbonyl (C=O) groups is 3. The van der Waals surface area contributed by atoms with Gasteiger partial charge in [0.1, 0.15) is 0 Å². The summed E-state index contributed by atoms with van der Waals surface area (Å²) in [5.41, 5.74) is 0. The minimum atomic E-state index is -0.960. The summed E-state index contributed by atoms with van der Waals surface area (Å²) >= 11 is 0. The standard InChI is InChI=1S/C14H26N4O6.Tc/c19-12(20)9-16-3-1-15-2-4-17(10-13(21)22)6-8-18(7-5-16)11-14(23)24;/h15H,1-11H2,(H,19,20)(H,21,22)(H,23,24);. The van der Waals surface area contributed by atoms with Gasteiger partial charge in [0.2, 0.25) is 0 Å². The van der Waals surface area contributed by atoms with Gasteiger partial charge in [0, 0.05) is 72.5 Å². The van der Waals surface area contributed by atoms with Crippen LogP contribution in [-0.4, -0.2) is 120 Å². The molecule has 0 unspecified atom stereocenters. The van der Waals surface area contributed by atoms with Gasteiger partial charge in [-0.3, -0.25) is 29.1 Å². The van der Waals surface area contributed by atoms with Crippen molar-refractivity contribution in [1.29, 1.82) is 0 Å². The zero-order chi connectivity index (χ0) is 17.9. The van der Waals surface area contributed by atoms with E-state index in [9.17, 15) is 14.4 Å². The Labute approximate surface area is 160 Å². The van der Waals surface area contributed by atoms with E-state index in [2.05, 4.69) is 5.32 Å². The van der Waals surface area contributed by atoms with E-state index in [0.29, 0.717) is 52.4 Å². The Hall–Kier alpha value is -1.10. The normalized spacial score (nSPS) is 19.2. The minimum Gasteiger partial charge on any atom is -0.480 e. The molecule has 0 spiro atoms. The van der Waals surface area contributed by atoms with E-state index < -0.39 is 17.9 Å². The number of carboxylic acid groups (broad SMARTS) is 3. The molecule has 10 nitrogen and oxygen atoms in total. The number of nitrogens with zero attached hydrogens (tertiary/aromatic N) is 3. The van der Waals surface area contributed by atoms with E-state index in [1.165, 1.54) is 0 Å². The third-order valence-electron chi connectivity index (χ3n) is 3.75. The molecule has 0 atom stereocenters. The molecule has 0 amide bonds. The first-order chi connectivity index (χ1) is 11.4. The molecule has 1 aliphatic heterocycles. The van der Waals surface area contributed by atoms with Crippen LogP contribution >= 0.6 is 0 Å². The van der Waals surface area contributed by atoms with Gasteiger partial charge in [-0.1, -0.05) is 0 Å². The number of hydrogen-bond acceptors (Lipinski definition) is 7. The summed E-state index contributed by atoms with van der Waals surface area (Å²) < 4.78 is 0. The van der Waals surface area contributed by atoms with Gasteiger partial charge in [-0.2, -0.15) is 0 Å². The van der Waals surface area contributed by atoms with Crippen LogP contribution in [0.4, 0.5) is 0 Å². The molecule has 145 valence electrons. The van der Waals surface area contributed by atoms with Crippen molar-refractivity contribution in [3.63, 3.8) is 0 Å². The second kappa shape index (κ2) is 13.1. The summed E-state index contributed by atoms with van der Waals surface area (Å²) in [5, 5.41) is 30.1. The second-order valence-electron chi connectivity index (χ2n) is 5.76. The van der Waals surface area contributed by atoms with E-state index in [4.69, 9.17) is 15.3 Å². The molecule has 1 heterocycles. The molecule has 0 aromatic heterocycles. The summed E-state index contributed by atoms with van der Waals surface area (Å²) in [5.74, 6) is -2.79. The molecular formula is C14H26N4O6Tc. The molecular weight excluding hydrogens is 418 g/mol. The van der Waals surface area contributed by atoms with Crippen LogP contribution in [0.1, 0.15) is 0 Å². The minimum absolute atomic E-state index is 0. The SMILES string of the molecule is O=C(O)CN1CCNCCN(CC(=O)O)CCN(CC(=O)O)CC1.[Tc]. The van der Waals surface area contributed by atoms with Crippen LogP contribution in [0.3, 0.4) is 0 Å². The van der Waals surface area contributed by atoms with Gasteiger partial charge in [0.15, 0.2) is 0 Å². The van der Waals surface area contributed by atoms with Crippen molar-refractivity contribution in [2.75, 3.05) is 72.0 Å². The number of rotatable bonds is 6. The zero-order valence-corrected chi connectivity index (χ0v) is 15.9. The van der Waals surface area contributed by atoms with Crippen LogP contribution in [0, 0.1) is 0 Å². The van der Waals surface area contributed by atoms with Crippen LogP contribution in [-0.2, 0) is 34.5 Å². The Bertz CT molecular complexity index is 410. The Kier molecular flexibility index (Phi) is 12.6. The molecule has 0 aromatic carbocycles. The summed E-state index contributed by atoms with van der Waals surface area (Å²) in [6.45, 7) is 3.64. The van der Waals surface area contributed by atoms with Crippen molar-refractivity contribution in [2.45, 2.75) is 0 Å². The smallest absolute Gasteiger partial charge is 0.317 e. The van der Waals surface area contributed by atoms with Crippen molar-refractivity contribution in [1.82, 2.24) is 20.0 Å². The van der Waals surface area contributed by atoms with Crippen molar-refractivity contribution in [3.8, 4) is 0 Å². The monoisotopic (exact) mass is 443 g/mol. The molecule has 1 saturated heterocycles. The summed E-state index contributed by atoms with van der Waals surface area (Å²) in [7, 11) is 0. The summed E-state index contributed by atoms with van der Waals surface area (Å²) in [6, 6.07) is 0. The molecule has 1 aliphatic rings. The van der Waals surface area contributed by atoms with Gasteiger partial charge in [-0.15, -0.1) is 0 Å². The summed E-state index contributed by atoms with van der Waals surface area (Å²) in [6.07, 6.45) is 0. The van der Waals surface area contributed by atoms with E-state index in [-0.39, 0.29) is 39.7 Å². The van der Waals surface area contributed by atoms with Crippen LogP contribution in [0.25, 0.3) is 0 Å². The Morgan fingerprint density at radius 1 is 0.640 bits per heavy atom. The average Bonchev–Trinajstić information content (AvgIpc) is 2.45.